The Morgan fingerprint density at radius 2 is 1.50 bits per heavy atom. The predicted octanol–water partition coefficient (Wildman–Crippen LogP) is 3.97. The Kier molecular flexibility index (Phi) is 4.22. The lowest BCUT2D eigenvalue weighted by Crippen LogP contribution is -2.17. The fourth-order valence-electron chi connectivity index (χ4n) is 2.63. The third-order valence-corrected chi connectivity index (χ3v) is 3.94. The minimum absolute atomic E-state index is 0.0442. The number of Topliss-reactive ketones (excluding diaryl/α,β-unsaturated/α-hetero) is 1. The van der Waals surface area contributed by atoms with E-state index in [0.29, 0.717) is 17.9 Å². The van der Waals surface area contributed by atoms with Crippen molar-refractivity contribution in [3.05, 3.63) is 34.4 Å². The molecular formula is C19H26O3. The molecular weight excluding hydrogens is 276 g/mol. The quantitative estimate of drug-likeness (QED) is 0.798. The molecule has 0 aliphatic carbocycles. The lowest BCUT2D eigenvalue weighted by atomic mass is 9.78. The maximum absolute atomic E-state index is 11.8. The first-order valence-electron chi connectivity index (χ1n) is 7.69. The number of aromatic hydroxyl groups is 1. The molecule has 1 aromatic carbocycles. The molecule has 1 saturated heterocycles. The van der Waals surface area contributed by atoms with Crippen molar-refractivity contribution in [3.8, 4) is 5.75 Å². The summed E-state index contributed by atoms with van der Waals surface area (Å²) in [6, 6.07) is 3.95. The van der Waals surface area contributed by atoms with E-state index < -0.39 is 0 Å². The third kappa shape index (κ3) is 3.41. The van der Waals surface area contributed by atoms with E-state index in [9.17, 15) is 9.90 Å². The van der Waals surface area contributed by atoms with Gasteiger partial charge in [0.05, 0.1) is 6.61 Å². The van der Waals surface area contributed by atoms with E-state index in [1.54, 1.807) is 0 Å². The topological polar surface area (TPSA) is 46.5 Å². The Balaban J connectivity index is 2.63. The lowest BCUT2D eigenvalue weighted by molar-refractivity contribution is -0.115. The molecule has 0 radical (unpaired) electrons. The Morgan fingerprint density at radius 3 is 1.86 bits per heavy atom. The van der Waals surface area contributed by atoms with Gasteiger partial charge in [-0.25, -0.2) is 0 Å². The molecule has 3 heteroatoms. The smallest absolute Gasteiger partial charge is 0.186 e. The second-order valence-electron chi connectivity index (χ2n) is 8.05. The van der Waals surface area contributed by atoms with Gasteiger partial charge in [-0.3, -0.25) is 4.79 Å². The minimum atomic E-state index is -0.172. The van der Waals surface area contributed by atoms with Crippen LogP contribution in [0.15, 0.2) is 17.7 Å². The fourth-order valence-corrected chi connectivity index (χ4v) is 2.63. The average molecular weight is 302 g/mol. The minimum Gasteiger partial charge on any atom is -0.507 e. The lowest BCUT2D eigenvalue weighted by Gasteiger charge is -2.28. The molecule has 0 atom stereocenters. The van der Waals surface area contributed by atoms with Crippen LogP contribution >= 0.6 is 0 Å². The summed E-state index contributed by atoms with van der Waals surface area (Å²) in [5.74, 6) is 0.402. The first-order valence-corrected chi connectivity index (χ1v) is 7.69. The van der Waals surface area contributed by atoms with E-state index in [2.05, 4.69) is 41.5 Å². The second kappa shape index (κ2) is 5.54. The van der Waals surface area contributed by atoms with Gasteiger partial charge in [0.2, 0.25) is 0 Å². The predicted molar refractivity (Wildman–Crippen MR) is 89.3 cm³/mol. The highest BCUT2D eigenvalue weighted by atomic mass is 16.5. The molecule has 0 saturated carbocycles. The summed E-state index contributed by atoms with van der Waals surface area (Å²) in [5.41, 5.74) is 3.10. The van der Waals surface area contributed by atoms with Crippen LogP contribution in [0, 0.1) is 0 Å². The Bertz CT molecular complexity index is 590. The van der Waals surface area contributed by atoms with E-state index >= 15 is 0 Å². The zero-order valence-corrected chi connectivity index (χ0v) is 14.4. The zero-order chi connectivity index (χ0) is 16.7. The first-order chi connectivity index (χ1) is 10.00. The van der Waals surface area contributed by atoms with Gasteiger partial charge in [-0.2, -0.15) is 0 Å². The van der Waals surface area contributed by atoms with Gasteiger partial charge >= 0.3 is 0 Å². The maximum atomic E-state index is 11.8. The van der Waals surface area contributed by atoms with Gasteiger partial charge < -0.3 is 9.84 Å². The summed E-state index contributed by atoms with van der Waals surface area (Å²) in [7, 11) is 0. The number of benzene rings is 1. The Morgan fingerprint density at radius 1 is 1.00 bits per heavy atom. The molecule has 2 rings (SSSR count). The van der Waals surface area contributed by atoms with Crippen LogP contribution in [-0.4, -0.2) is 24.1 Å². The van der Waals surface area contributed by atoms with Crippen LogP contribution in [0.25, 0.3) is 6.08 Å². The van der Waals surface area contributed by atoms with Gasteiger partial charge in [-0.15, -0.1) is 0 Å². The number of phenolic OH excluding ortho intramolecular Hbond substituents is 1. The summed E-state index contributed by atoms with van der Waals surface area (Å²) in [6.45, 7) is 13.0. The highest BCUT2D eigenvalue weighted by molar-refractivity contribution is 6.02. The maximum Gasteiger partial charge on any atom is 0.186 e. The summed E-state index contributed by atoms with van der Waals surface area (Å²) in [4.78, 5) is 11.8. The molecule has 0 aromatic heterocycles. The van der Waals surface area contributed by atoms with Gasteiger partial charge in [0.25, 0.3) is 0 Å². The van der Waals surface area contributed by atoms with E-state index in [-0.39, 0.29) is 23.2 Å². The van der Waals surface area contributed by atoms with Gasteiger partial charge in [0.15, 0.2) is 5.78 Å². The number of rotatable bonds is 1. The monoisotopic (exact) mass is 302 g/mol. The summed E-state index contributed by atoms with van der Waals surface area (Å²) < 4.78 is 5.19. The van der Waals surface area contributed by atoms with Gasteiger partial charge in [-0.05, 0) is 34.6 Å². The van der Waals surface area contributed by atoms with Crippen LogP contribution in [0.2, 0.25) is 0 Å². The summed E-state index contributed by atoms with van der Waals surface area (Å²) in [5, 5.41) is 10.7. The molecule has 1 aromatic rings. The van der Waals surface area contributed by atoms with E-state index in [1.807, 2.05) is 18.2 Å². The SMILES string of the molecule is CC(C)(C)c1cc(/C=C2/COCC2=O)cc(C(C)(C)C)c1O. The molecule has 1 aliphatic heterocycles. The van der Waals surface area contributed by atoms with Crippen LogP contribution in [0.1, 0.15) is 58.2 Å². The largest absolute Gasteiger partial charge is 0.507 e. The van der Waals surface area contributed by atoms with Crippen molar-refractivity contribution >= 4 is 11.9 Å². The van der Waals surface area contributed by atoms with E-state index in [1.165, 1.54) is 0 Å². The van der Waals surface area contributed by atoms with Gasteiger partial charge in [-0.1, -0.05) is 41.5 Å². The molecule has 120 valence electrons. The summed E-state index contributed by atoms with van der Waals surface area (Å²) in [6.07, 6.45) is 1.89. The molecule has 1 heterocycles. The average Bonchev–Trinajstić information content (AvgIpc) is 2.74. The zero-order valence-electron chi connectivity index (χ0n) is 14.4. The first kappa shape index (κ1) is 16.8. The standard InChI is InChI=1S/C19H26O3/c1-18(2,3)14-8-12(7-13-10-22-11-16(13)20)9-15(17(14)21)19(4,5)6/h7-9,21H,10-11H2,1-6H3/b13-7-. The molecule has 0 bridgehead atoms. The molecule has 22 heavy (non-hydrogen) atoms. The molecule has 0 unspecified atom stereocenters. The van der Waals surface area contributed by atoms with Crippen molar-refractivity contribution < 1.29 is 14.6 Å². The molecule has 1 aliphatic rings. The van der Waals surface area contributed by atoms with E-state index in [4.69, 9.17) is 4.74 Å². The molecule has 0 amide bonds. The Hall–Kier alpha value is -1.61. The number of carbonyl (C=O) groups excluding carboxylic acids is 1. The third-order valence-electron chi connectivity index (χ3n) is 3.94. The Labute approximate surface area is 133 Å². The van der Waals surface area contributed by atoms with Crippen molar-refractivity contribution in [2.45, 2.75) is 52.4 Å². The van der Waals surface area contributed by atoms with Crippen molar-refractivity contribution in [3.63, 3.8) is 0 Å². The van der Waals surface area contributed by atoms with Crippen molar-refractivity contribution in [2.75, 3.05) is 13.2 Å². The van der Waals surface area contributed by atoms with E-state index in [0.717, 1.165) is 16.7 Å². The molecule has 3 nitrogen and oxygen atoms in total. The molecule has 1 N–H and O–H groups in total. The van der Waals surface area contributed by atoms with Crippen LogP contribution in [0.4, 0.5) is 0 Å². The van der Waals surface area contributed by atoms with Crippen LogP contribution in [0.3, 0.4) is 0 Å². The number of phenols is 1. The van der Waals surface area contributed by atoms with Crippen molar-refractivity contribution in [2.24, 2.45) is 0 Å². The van der Waals surface area contributed by atoms with Crippen LogP contribution < -0.4 is 0 Å². The number of carbonyl (C=O) groups is 1. The van der Waals surface area contributed by atoms with Crippen molar-refractivity contribution in [1.82, 2.24) is 0 Å². The van der Waals surface area contributed by atoms with Crippen LogP contribution in [0.5, 0.6) is 5.75 Å². The number of ketones is 1. The number of ether oxygens (including phenoxy) is 1. The molecule has 1 fully saturated rings. The second-order valence-corrected chi connectivity index (χ2v) is 8.05. The van der Waals surface area contributed by atoms with Crippen molar-refractivity contribution in [1.29, 1.82) is 0 Å². The number of hydrogen-bond donors (Lipinski definition) is 1. The van der Waals surface area contributed by atoms with Gasteiger partial charge in [0.1, 0.15) is 12.4 Å². The fraction of sp³-hybridized carbons (Fsp3) is 0.526. The summed E-state index contributed by atoms with van der Waals surface area (Å²) >= 11 is 0. The highest BCUT2D eigenvalue weighted by Crippen LogP contribution is 2.40. The van der Waals surface area contributed by atoms with Gasteiger partial charge in [0, 0.05) is 16.7 Å². The normalized spacial score (nSPS) is 18.3. The number of hydrogen-bond acceptors (Lipinski definition) is 3. The highest BCUT2D eigenvalue weighted by Gasteiger charge is 2.26. The molecule has 0 spiro atoms. The van der Waals surface area contributed by atoms with Crippen LogP contribution in [-0.2, 0) is 20.4 Å².